The van der Waals surface area contributed by atoms with Crippen LogP contribution in [0.25, 0.3) is 0 Å². The van der Waals surface area contributed by atoms with Gasteiger partial charge in [-0.1, -0.05) is 0 Å². The van der Waals surface area contributed by atoms with Crippen molar-refractivity contribution in [2.75, 3.05) is 25.5 Å². The van der Waals surface area contributed by atoms with Gasteiger partial charge in [-0.2, -0.15) is 0 Å². The van der Waals surface area contributed by atoms with E-state index in [2.05, 4.69) is 10.3 Å². The zero-order valence-electron chi connectivity index (χ0n) is 11.7. The highest BCUT2D eigenvalue weighted by atomic mass is 32.1. The molecule has 0 saturated carbocycles. The smallest absolute Gasteiger partial charge is 0.273 e. The molecule has 1 N–H and O–H groups in total. The van der Waals surface area contributed by atoms with Gasteiger partial charge in [0.1, 0.15) is 5.69 Å². The van der Waals surface area contributed by atoms with Crippen LogP contribution in [0.3, 0.4) is 0 Å². The first-order valence-corrected chi connectivity index (χ1v) is 7.53. The van der Waals surface area contributed by atoms with Gasteiger partial charge in [0.25, 0.3) is 5.91 Å². The largest absolute Gasteiger partial charge is 0.381 e. The number of likely N-dealkylation sites (tertiary alicyclic amines) is 1. The average molecular weight is 297 g/mol. The number of aromatic nitrogens is 1. The molecule has 1 fully saturated rings. The number of ether oxygens (including phenoxy) is 1. The number of rotatable bonds is 3. The van der Waals surface area contributed by atoms with Gasteiger partial charge in [0, 0.05) is 32.5 Å². The predicted octanol–water partition coefficient (Wildman–Crippen LogP) is 1.74. The molecule has 1 unspecified atom stereocenters. The Kier molecular flexibility index (Phi) is 5.08. The number of nitrogens with zero attached hydrogens (tertiary/aromatic N) is 2. The molecular formula is C13H19N3O3S. The number of hydrogen-bond donors (Lipinski definition) is 1. The lowest BCUT2D eigenvalue weighted by Gasteiger charge is -2.19. The third kappa shape index (κ3) is 3.77. The molecule has 1 atom stereocenters. The summed E-state index contributed by atoms with van der Waals surface area (Å²) in [7, 11) is 1.71. The molecule has 0 aliphatic carbocycles. The maximum Gasteiger partial charge on any atom is 0.273 e. The molecule has 1 aliphatic heterocycles. The van der Waals surface area contributed by atoms with E-state index in [-0.39, 0.29) is 17.9 Å². The molecule has 1 aromatic heterocycles. The first-order valence-electron chi connectivity index (χ1n) is 6.65. The Morgan fingerprint density at radius 3 is 2.95 bits per heavy atom. The van der Waals surface area contributed by atoms with Crippen molar-refractivity contribution in [1.29, 1.82) is 0 Å². The van der Waals surface area contributed by atoms with Crippen molar-refractivity contribution in [3.8, 4) is 0 Å². The average Bonchev–Trinajstić information content (AvgIpc) is 2.74. The minimum absolute atomic E-state index is 0.0744. The maximum absolute atomic E-state index is 12.4. The summed E-state index contributed by atoms with van der Waals surface area (Å²) < 4.78 is 5.35. The quantitative estimate of drug-likeness (QED) is 0.922. The molecule has 0 spiro atoms. The number of thiazole rings is 1. The van der Waals surface area contributed by atoms with Crippen LogP contribution in [-0.4, -0.2) is 48.0 Å². The molecular weight excluding hydrogens is 278 g/mol. The van der Waals surface area contributed by atoms with Crippen LogP contribution in [0.1, 0.15) is 36.7 Å². The van der Waals surface area contributed by atoms with Crippen LogP contribution in [0, 0.1) is 0 Å². The number of methoxy groups -OCH3 is 1. The highest BCUT2D eigenvalue weighted by Crippen LogP contribution is 2.19. The first-order chi connectivity index (χ1) is 9.60. The number of carbonyl (C=O) groups is 2. The van der Waals surface area contributed by atoms with Crippen molar-refractivity contribution >= 4 is 28.3 Å². The molecule has 0 radical (unpaired) electrons. The van der Waals surface area contributed by atoms with Gasteiger partial charge in [0.2, 0.25) is 5.91 Å². The van der Waals surface area contributed by atoms with E-state index in [9.17, 15) is 9.59 Å². The van der Waals surface area contributed by atoms with Gasteiger partial charge in [-0.05, 0) is 19.3 Å². The highest BCUT2D eigenvalue weighted by Gasteiger charge is 2.23. The van der Waals surface area contributed by atoms with E-state index in [1.165, 1.54) is 18.3 Å². The summed E-state index contributed by atoms with van der Waals surface area (Å²) in [5.74, 6) is -0.259. The lowest BCUT2D eigenvalue weighted by Crippen LogP contribution is -2.32. The zero-order chi connectivity index (χ0) is 14.5. The molecule has 2 rings (SSSR count). The standard InChI is InChI=1S/C13H19N3O3S/c1-9(17)14-13-15-11(8-20-13)12(18)16-6-3-4-10(19-2)5-7-16/h8,10H,3-7H2,1-2H3,(H,14,15,17). The Labute approximate surface area is 122 Å². The van der Waals surface area contributed by atoms with Gasteiger partial charge in [-0.15, -0.1) is 11.3 Å². The third-order valence-corrected chi connectivity index (χ3v) is 4.06. The lowest BCUT2D eigenvalue weighted by atomic mass is 10.2. The molecule has 1 aromatic rings. The fraction of sp³-hybridized carbons (Fsp3) is 0.615. The van der Waals surface area contributed by atoms with Crippen molar-refractivity contribution in [2.24, 2.45) is 0 Å². The van der Waals surface area contributed by atoms with Crippen molar-refractivity contribution in [3.63, 3.8) is 0 Å². The van der Waals surface area contributed by atoms with Crippen LogP contribution in [-0.2, 0) is 9.53 Å². The minimum Gasteiger partial charge on any atom is -0.381 e. The third-order valence-electron chi connectivity index (χ3n) is 3.30. The van der Waals surface area contributed by atoms with Gasteiger partial charge in [-0.25, -0.2) is 4.98 Å². The van der Waals surface area contributed by atoms with Crippen molar-refractivity contribution in [2.45, 2.75) is 32.3 Å². The van der Waals surface area contributed by atoms with Crippen LogP contribution >= 0.6 is 11.3 Å². The molecule has 2 amide bonds. The van der Waals surface area contributed by atoms with Crippen LogP contribution in [0.15, 0.2) is 5.38 Å². The predicted molar refractivity (Wildman–Crippen MR) is 77.0 cm³/mol. The van der Waals surface area contributed by atoms with Crippen molar-refractivity contribution in [1.82, 2.24) is 9.88 Å². The fourth-order valence-corrected chi connectivity index (χ4v) is 2.98. The van der Waals surface area contributed by atoms with Crippen LogP contribution in [0.2, 0.25) is 0 Å². The molecule has 1 saturated heterocycles. The van der Waals surface area contributed by atoms with E-state index < -0.39 is 0 Å². The molecule has 20 heavy (non-hydrogen) atoms. The molecule has 2 heterocycles. The topological polar surface area (TPSA) is 71.5 Å². The Morgan fingerprint density at radius 1 is 1.45 bits per heavy atom. The summed E-state index contributed by atoms with van der Waals surface area (Å²) >= 11 is 1.27. The van der Waals surface area contributed by atoms with E-state index in [1.807, 2.05) is 4.90 Å². The SMILES string of the molecule is COC1CCCN(C(=O)c2csc(NC(C)=O)n2)CC1. The molecule has 1 aliphatic rings. The van der Waals surface area contributed by atoms with Gasteiger partial charge in [-0.3, -0.25) is 9.59 Å². The molecule has 110 valence electrons. The normalized spacial score (nSPS) is 19.5. The van der Waals surface area contributed by atoms with Gasteiger partial charge >= 0.3 is 0 Å². The molecule has 0 aromatic carbocycles. The molecule has 6 nitrogen and oxygen atoms in total. The van der Waals surface area contributed by atoms with E-state index in [0.717, 1.165) is 25.8 Å². The molecule has 7 heteroatoms. The summed E-state index contributed by atoms with van der Waals surface area (Å²) in [4.78, 5) is 29.3. The van der Waals surface area contributed by atoms with E-state index in [1.54, 1.807) is 12.5 Å². The van der Waals surface area contributed by atoms with Gasteiger partial charge in [0.15, 0.2) is 5.13 Å². The van der Waals surface area contributed by atoms with Crippen molar-refractivity contribution < 1.29 is 14.3 Å². The Morgan fingerprint density at radius 2 is 2.25 bits per heavy atom. The Bertz CT molecular complexity index is 489. The second-order valence-electron chi connectivity index (χ2n) is 4.80. The van der Waals surface area contributed by atoms with Crippen molar-refractivity contribution in [3.05, 3.63) is 11.1 Å². The summed E-state index contributed by atoms with van der Waals surface area (Å²) in [5.41, 5.74) is 0.398. The number of amides is 2. The number of nitrogens with one attached hydrogen (secondary N) is 1. The van der Waals surface area contributed by atoms with E-state index >= 15 is 0 Å². The number of hydrogen-bond acceptors (Lipinski definition) is 5. The highest BCUT2D eigenvalue weighted by molar-refractivity contribution is 7.14. The fourth-order valence-electron chi connectivity index (χ4n) is 2.25. The van der Waals surface area contributed by atoms with E-state index in [4.69, 9.17) is 4.74 Å². The summed E-state index contributed by atoms with van der Waals surface area (Å²) in [6, 6.07) is 0. The van der Waals surface area contributed by atoms with Gasteiger partial charge in [0.05, 0.1) is 6.10 Å². The second kappa shape index (κ2) is 6.81. The number of carbonyl (C=O) groups excluding carboxylic acids is 2. The Balaban J connectivity index is 1.99. The second-order valence-corrected chi connectivity index (χ2v) is 5.66. The van der Waals surface area contributed by atoms with Crippen LogP contribution < -0.4 is 5.32 Å². The molecule has 0 bridgehead atoms. The summed E-state index contributed by atoms with van der Waals surface area (Å²) in [6.07, 6.45) is 3.00. The maximum atomic E-state index is 12.4. The monoisotopic (exact) mass is 297 g/mol. The first kappa shape index (κ1) is 14.9. The zero-order valence-corrected chi connectivity index (χ0v) is 12.5. The summed E-state index contributed by atoms with van der Waals surface area (Å²) in [5, 5.41) is 4.74. The van der Waals surface area contributed by atoms with Crippen LogP contribution in [0.5, 0.6) is 0 Å². The van der Waals surface area contributed by atoms with Crippen LogP contribution in [0.4, 0.5) is 5.13 Å². The lowest BCUT2D eigenvalue weighted by molar-refractivity contribution is -0.114. The number of anilines is 1. The minimum atomic E-state index is -0.184. The summed E-state index contributed by atoms with van der Waals surface area (Å²) in [6.45, 7) is 2.83. The van der Waals surface area contributed by atoms with Gasteiger partial charge < -0.3 is 15.0 Å². The van der Waals surface area contributed by atoms with E-state index in [0.29, 0.717) is 17.4 Å². The Hall–Kier alpha value is -1.47.